The van der Waals surface area contributed by atoms with Crippen LogP contribution in [-0.4, -0.2) is 28.8 Å². The third-order valence-corrected chi connectivity index (χ3v) is 4.57. The first-order chi connectivity index (χ1) is 11.3. The molecule has 24 heavy (non-hydrogen) atoms. The van der Waals surface area contributed by atoms with Gasteiger partial charge in [-0.05, 0) is 44.4 Å². The van der Waals surface area contributed by atoms with Crippen LogP contribution < -0.4 is 5.32 Å². The van der Waals surface area contributed by atoms with Crippen molar-refractivity contribution in [2.75, 3.05) is 0 Å². The van der Waals surface area contributed by atoms with E-state index in [4.69, 9.17) is 23.2 Å². The molecule has 4 nitrogen and oxygen atoms in total. The van der Waals surface area contributed by atoms with Crippen LogP contribution in [-0.2, 0) is 16.1 Å². The van der Waals surface area contributed by atoms with Gasteiger partial charge in [0.1, 0.15) is 6.04 Å². The second kappa shape index (κ2) is 9.90. The Morgan fingerprint density at radius 2 is 1.88 bits per heavy atom. The molecule has 0 aromatic heterocycles. The Balaban J connectivity index is 2.98. The summed E-state index contributed by atoms with van der Waals surface area (Å²) < 4.78 is 0. The van der Waals surface area contributed by atoms with Crippen molar-refractivity contribution in [3.63, 3.8) is 0 Å². The van der Waals surface area contributed by atoms with Crippen molar-refractivity contribution in [2.24, 2.45) is 0 Å². The van der Waals surface area contributed by atoms with Gasteiger partial charge >= 0.3 is 0 Å². The number of amides is 2. The Morgan fingerprint density at radius 3 is 2.42 bits per heavy atom. The fourth-order valence-corrected chi connectivity index (χ4v) is 2.71. The molecule has 1 rings (SSSR count). The van der Waals surface area contributed by atoms with E-state index in [0.29, 0.717) is 16.5 Å². The Bertz CT molecular complexity index is 578. The molecule has 2 amide bonds. The zero-order valence-corrected chi connectivity index (χ0v) is 16.2. The van der Waals surface area contributed by atoms with Crippen molar-refractivity contribution in [3.8, 4) is 0 Å². The Morgan fingerprint density at radius 1 is 1.21 bits per heavy atom. The van der Waals surface area contributed by atoms with Crippen LogP contribution in [0.3, 0.4) is 0 Å². The number of nitrogens with one attached hydrogen (secondary N) is 1. The lowest BCUT2D eigenvalue weighted by molar-refractivity contribution is -0.140. The molecule has 0 spiro atoms. The Labute approximate surface area is 154 Å². The first kappa shape index (κ1) is 20.8. The third kappa shape index (κ3) is 5.99. The lowest BCUT2D eigenvalue weighted by atomic mass is 10.1. The van der Waals surface area contributed by atoms with Crippen LogP contribution in [0.5, 0.6) is 0 Å². The molecule has 6 heteroatoms. The number of carbonyl (C=O) groups is 2. The fourth-order valence-electron chi connectivity index (χ4n) is 2.24. The van der Waals surface area contributed by atoms with E-state index in [1.807, 2.05) is 20.8 Å². The van der Waals surface area contributed by atoms with Crippen LogP contribution >= 0.6 is 23.2 Å². The smallest absolute Gasteiger partial charge is 0.242 e. The monoisotopic (exact) mass is 372 g/mol. The van der Waals surface area contributed by atoms with E-state index in [-0.39, 0.29) is 24.4 Å². The molecule has 2 unspecified atom stereocenters. The van der Waals surface area contributed by atoms with Gasteiger partial charge in [0.2, 0.25) is 11.8 Å². The Kier molecular flexibility index (Phi) is 8.57. The van der Waals surface area contributed by atoms with E-state index in [0.717, 1.165) is 18.4 Å². The van der Waals surface area contributed by atoms with Crippen LogP contribution in [0, 0.1) is 0 Å². The van der Waals surface area contributed by atoms with Gasteiger partial charge in [-0.3, -0.25) is 9.59 Å². The molecule has 1 N–H and O–H groups in total. The summed E-state index contributed by atoms with van der Waals surface area (Å²) in [6.45, 7) is 7.91. The quantitative estimate of drug-likeness (QED) is 0.733. The molecule has 0 aliphatic heterocycles. The minimum Gasteiger partial charge on any atom is -0.352 e. The maximum atomic E-state index is 12.5. The van der Waals surface area contributed by atoms with E-state index >= 15 is 0 Å². The summed E-state index contributed by atoms with van der Waals surface area (Å²) >= 11 is 12.1. The lowest BCUT2D eigenvalue weighted by Gasteiger charge is -2.30. The number of hydrogen-bond donors (Lipinski definition) is 1. The van der Waals surface area contributed by atoms with E-state index in [2.05, 4.69) is 5.32 Å². The summed E-state index contributed by atoms with van der Waals surface area (Å²) in [4.78, 5) is 26.5. The zero-order chi connectivity index (χ0) is 18.3. The normalized spacial score (nSPS) is 13.2. The van der Waals surface area contributed by atoms with E-state index in [1.165, 1.54) is 0 Å². The van der Waals surface area contributed by atoms with Crippen molar-refractivity contribution in [3.05, 3.63) is 33.8 Å². The topological polar surface area (TPSA) is 49.4 Å². The highest BCUT2D eigenvalue weighted by Crippen LogP contribution is 2.23. The lowest BCUT2D eigenvalue weighted by Crippen LogP contribution is -2.49. The van der Waals surface area contributed by atoms with Gasteiger partial charge in [-0.2, -0.15) is 0 Å². The van der Waals surface area contributed by atoms with Crippen LogP contribution in [0.1, 0.15) is 52.5 Å². The zero-order valence-electron chi connectivity index (χ0n) is 14.7. The Hall–Kier alpha value is -1.26. The molecule has 0 radical (unpaired) electrons. The standard InChI is InChI=1S/C18H26Cl2N2O2/c1-5-7-17(23)22(13(4)18(24)21-12(3)6-2)11-14-8-9-15(19)10-16(14)20/h8-10,12-13H,5-7,11H2,1-4H3,(H,21,24). The van der Waals surface area contributed by atoms with Gasteiger partial charge in [0, 0.05) is 29.1 Å². The van der Waals surface area contributed by atoms with Crippen molar-refractivity contribution < 1.29 is 9.59 Å². The first-order valence-electron chi connectivity index (χ1n) is 8.33. The van der Waals surface area contributed by atoms with Crippen LogP contribution in [0.15, 0.2) is 18.2 Å². The van der Waals surface area contributed by atoms with Gasteiger partial charge in [-0.1, -0.05) is 43.1 Å². The van der Waals surface area contributed by atoms with Gasteiger partial charge < -0.3 is 10.2 Å². The van der Waals surface area contributed by atoms with E-state index in [9.17, 15) is 9.59 Å². The van der Waals surface area contributed by atoms with Gasteiger partial charge in [-0.15, -0.1) is 0 Å². The van der Waals surface area contributed by atoms with Crippen molar-refractivity contribution in [2.45, 2.75) is 65.6 Å². The minimum absolute atomic E-state index is 0.0599. The number of hydrogen-bond acceptors (Lipinski definition) is 2. The molecule has 0 aliphatic rings. The van der Waals surface area contributed by atoms with Gasteiger partial charge in [0.15, 0.2) is 0 Å². The minimum atomic E-state index is -0.565. The molecule has 134 valence electrons. The van der Waals surface area contributed by atoms with Crippen molar-refractivity contribution >= 4 is 35.0 Å². The number of halogens is 2. The van der Waals surface area contributed by atoms with E-state index in [1.54, 1.807) is 30.0 Å². The number of nitrogens with zero attached hydrogens (tertiary/aromatic N) is 1. The highest BCUT2D eigenvalue weighted by atomic mass is 35.5. The maximum absolute atomic E-state index is 12.5. The summed E-state index contributed by atoms with van der Waals surface area (Å²) in [5.41, 5.74) is 0.772. The van der Waals surface area contributed by atoms with Crippen LogP contribution in [0.4, 0.5) is 0 Å². The van der Waals surface area contributed by atoms with Gasteiger partial charge in [-0.25, -0.2) is 0 Å². The first-order valence-corrected chi connectivity index (χ1v) is 9.09. The number of benzene rings is 1. The molecule has 1 aromatic carbocycles. The summed E-state index contributed by atoms with van der Waals surface area (Å²) in [6, 6.07) is 4.67. The van der Waals surface area contributed by atoms with E-state index < -0.39 is 6.04 Å². The second-order valence-corrected chi connectivity index (χ2v) is 6.84. The SMILES string of the molecule is CCCC(=O)N(Cc1ccc(Cl)cc1Cl)C(C)C(=O)NC(C)CC. The summed E-state index contributed by atoms with van der Waals surface area (Å²) in [5.74, 6) is -0.214. The summed E-state index contributed by atoms with van der Waals surface area (Å²) in [7, 11) is 0. The molecule has 2 atom stereocenters. The molecule has 0 fully saturated rings. The van der Waals surface area contributed by atoms with Crippen molar-refractivity contribution in [1.29, 1.82) is 0 Å². The van der Waals surface area contributed by atoms with Crippen LogP contribution in [0.2, 0.25) is 10.0 Å². The molecular weight excluding hydrogens is 347 g/mol. The molecule has 1 aromatic rings. The summed E-state index contributed by atoms with van der Waals surface area (Å²) in [5, 5.41) is 3.96. The third-order valence-electron chi connectivity index (χ3n) is 3.99. The maximum Gasteiger partial charge on any atom is 0.242 e. The predicted octanol–water partition coefficient (Wildman–Crippen LogP) is 4.43. The van der Waals surface area contributed by atoms with Gasteiger partial charge in [0.25, 0.3) is 0 Å². The van der Waals surface area contributed by atoms with Crippen LogP contribution in [0.25, 0.3) is 0 Å². The van der Waals surface area contributed by atoms with Crippen molar-refractivity contribution in [1.82, 2.24) is 10.2 Å². The number of carbonyl (C=O) groups excluding carboxylic acids is 2. The average Bonchev–Trinajstić information content (AvgIpc) is 2.53. The fraction of sp³-hybridized carbons (Fsp3) is 0.556. The largest absolute Gasteiger partial charge is 0.352 e. The second-order valence-electron chi connectivity index (χ2n) is 6.00. The summed E-state index contributed by atoms with van der Waals surface area (Å²) in [6.07, 6.45) is 1.96. The van der Waals surface area contributed by atoms with Gasteiger partial charge in [0.05, 0.1) is 0 Å². The molecular formula is C18H26Cl2N2O2. The average molecular weight is 373 g/mol. The highest BCUT2D eigenvalue weighted by molar-refractivity contribution is 6.35. The molecule has 0 saturated carbocycles. The predicted molar refractivity (Wildman–Crippen MR) is 99.3 cm³/mol. The molecule has 0 heterocycles. The molecule has 0 aliphatic carbocycles. The molecule has 0 saturated heterocycles. The molecule has 0 bridgehead atoms. The number of rotatable bonds is 8. The highest BCUT2D eigenvalue weighted by Gasteiger charge is 2.26.